The monoisotopic (exact) mass is 270 g/mol. The molecule has 0 spiro atoms. The van der Waals surface area contributed by atoms with Crippen LogP contribution in [0.1, 0.15) is 0 Å². The van der Waals surface area contributed by atoms with Crippen LogP contribution in [0, 0.1) is 0 Å². The van der Waals surface area contributed by atoms with Gasteiger partial charge in [0.15, 0.2) is 0 Å². The summed E-state index contributed by atoms with van der Waals surface area (Å²) in [6.45, 7) is 0. The zero-order valence-corrected chi connectivity index (χ0v) is 18.6. The fourth-order valence-electron chi connectivity index (χ4n) is 0. The minimum absolute atomic E-state index is 0. The Morgan fingerprint density at radius 1 is 0.846 bits per heavy atom. The molecule has 50 valence electrons. The van der Waals surface area contributed by atoms with Gasteiger partial charge in [-0.15, -0.1) is 11.4 Å². The van der Waals surface area contributed by atoms with E-state index < -0.39 is 18.7 Å². The van der Waals surface area contributed by atoms with Crippen molar-refractivity contribution in [2.24, 2.45) is 0 Å². The van der Waals surface area contributed by atoms with Crippen LogP contribution in [0.25, 0.3) is 0 Å². The molecule has 0 aliphatic rings. The van der Waals surface area contributed by atoms with E-state index in [4.69, 9.17) is 28.4 Å². The van der Waals surface area contributed by atoms with Gasteiger partial charge >= 0.3 is 192 Å². The quantitative estimate of drug-likeness (QED) is 0.317. The summed E-state index contributed by atoms with van der Waals surface area (Å²) >= 11 is -3.11. The summed E-state index contributed by atoms with van der Waals surface area (Å²) < 4.78 is 25.3. The predicted molar refractivity (Wildman–Crippen MR) is 15.5 cm³/mol. The Kier molecular flexibility index (Phi) is 119. The molecule has 0 amide bonds. The molecule has 6 nitrogen and oxygen atoms in total. The van der Waals surface area contributed by atoms with Crippen molar-refractivity contribution >= 4 is 18.7 Å². The second-order valence-electron chi connectivity index (χ2n) is 0.493. The van der Waals surface area contributed by atoms with Crippen molar-refractivity contribution in [3.8, 4) is 0 Å². The predicted octanol–water partition coefficient (Wildman–Crippen LogP) is -19.9. The van der Waals surface area contributed by atoms with Crippen molar-refractivity contribution in [1.29, 1.82) is 0 Å². The summed E-state index contributed by atoms with van der Waals surface area (Å²) in [6, 6.07) is 0. The van der Waals surface area contributed by atoms with Crippen molar-refractivity contribution in [2.75, 3.05) is 0 Å². The van der Waals surface area contributed by atoms with Crippen LogP contribution in [0.15, 0.2) is 0 Å². The second kappa shape index (κ2) is 36.2. The van der Waals surface area contributed by atoms with Gasteiger partial charge in [-0.2, -0.15) is 0 Å². The first kappa shape index (κ1) is 42.7. The van der Waals surface area contributed by atoms with Gasteiger partial charge in [0.2, 0.25) is 0 Å². The summed E-state index contributed by atoms with van der Waals surface area (Å²) in [5, 5.41) is 25.2. The molecule has 0 heterocycles. The maximum Gasteiger partial charge on any atom is 1.00 e. The van der Waals surface area contributed by atoms with Gasteiger partial charge in [0.05, 0.1) is 0 Å². The van der Waals surface area contributed by atoms with Crippen molar-refractivity contribution in [2.45, 2.75) is 0 Å². The Labute approximate surface area is 231 Å². The van der Waals surface area contributed by atoms with Gasteiger partial charge in [0.25, 0.3) is 0 Å². The van der Waals surface area contributed by atoms with E-state index in [0.29, 0.717) is 0 Å². The molecule has 0 atom stereocenters. The van der Waals surface area contributed by atoms with Crippen LogP contribution in [0.5, 0.6) is 0 Å². The Balaban J connectivity index is -0.00000000800. The normalized spacial score (nSPS) is 4.77. The molecule has 0 radical (unpaired) electrons. The smallest absolute Gasteiger partial charge is 0.907 e. The Morgan fingerprint density at radius 3 is 0.846 bits per heavy atom. The Hall–Kier alpha value is 6.12. The van der Waals surface area contributed by atoms with E-state index in [1.54, 1.807) is 0 Å². The summed E-state index contributed by atoms with van der Waals surface area (Å²) in [5.41, 5.74) is 0. The van der Waals surface area contributed by atoms with E-state index in [1.807, 2.05) is 0 Å². The molecule has 0 aromatic carbocycles. The van der Waals surface area contributed by atoms with Crippen LogP contribution < -0.4 is 207 Å². The maximum absolute atomic E-state index is 8.44. The van der Waals surface area contributed by atoms with Crippen molar-refractivity contribution in [1.82, 2.24) is 0 Å². The molecule has 0 fully saturated rings. The number of hydrogen-bond acceptors (Lipinski definition) is 6. The molecular formula is BK3Li2O6S. The first-order valence-corrected chi connectivity index (χ1v) is 2.21. The van der Waals surface area contributed by atoms with Crippen LogP contribution in [0.4, 0.5) is 0 Å². The van der Waals surface area contributed by atoms with Gasteiger partial charge in [0.1, 0.15) is 0 Å². The second-order valence-corrected chi connectivity index (χ2v) is 0.901. The zero-order valence-electron chi connectivity index (χ0n) is 8.44. The van der Waals surface area contributed by atoms with Crippen molar-refractivity contribution in [3.63, 3.8) is 0 Å². The van der Waals surface area contributed by atoms with Gasteiger partial charge in [-0.1, -0.05) is 0 Å². The van der Waals surface area contributed by atoms with E-state index in [0.717, 1.165) is 0 Å². The molecule has 0 aliphatic heterocycles. The van der Waals surface area contributed by atoms with Crippen LogP contribution in [0.2, 0.25) is 0 Å². The molecular weight excluding hydrogens is 270 g/mol. The summed E-state index contributed by atoms with van der Waals surface area (Å²) in [4.78, 5) is 0. The van der Waals surface area contributed by atoms with Gasteiger partial charge in [-0.25, -0.2) is 0 Å². The standard InChI is InChI=1S/BO3.3K.2Li.H2O3S/c2-1(3)4;;;;;;1-4(2)3/h;;;;;;(H2,1,2,3)/q-3;5*+1;/p-2. The average Bonchev–Trinajstić information content (AvgIpc) is 1.25. The molecule has 0 rings (SSSR count). The molecule has 13 heteroatoms. The summed E-state index contributed by atoms with van der Waals surface area (Å²) in [5.74, 6) is 0. The first-order chi connectivity index (χ1) is 3.46. The molecule has 0 unspecified atom stereocenters. The van der Waals surface area contributed by atoms with Gasteiger partial charge < -0.3 is 24.2 Å². The molecule has 13 heavy (non-hydrogen) atoms. The molecule has 0 N–H and O–H groups in total. The molecule has 0 saturated carbocycles. The van der Waals surface area contributed by atoms with Gasteiger partial charge in [-0.3, -0.25) is 11.5 Å². The summed E-state index contributed by atoms with van der Waals surface area (Å²) in [7, 11) is -2.92. The van der Waals surface area contributed by atoms with E-state index in [9.17, 15) is 0 Å². The third kappa shape index (κ3) is 126. The molecule has 0 aliphatic carbocycles. The number of hydrogen-bond donors (Lipinski definition) is 0. The van der Waals surface area contributed by atoms with Crippen LogP contribution in [-0.2, 0) is 11.4 Å². The maximum atomic E-state index is 8.44. The SMILES string of the molecule is O=S([O-])[O-].[K+].[K+].[K+].[Li+].[Li+].[O-]B([O-])[O-]. The van der Waals surface area contributed by atoms with Crippen LogP contribution in [-0.4, -0.2) is 20.6 Å². The fraction of sp³-hybridized carbons (Fsp3) is 0. The molecule has 0 bridgehead atoms. The minimum Gasteiger partial charge on any atom is -0.907 e. The van der Waals surface area contributed by atoms with E-state index in [-0.39, 0.29) is 192 Å². The van der Waals surface area contributed by atoms with Crippen molar-refractivity contribution in [3.05, 3.63) is 0 Å². The van der Waals surface area contributed by atoms with Crippen LogP contribution >= 0.6 is 0 Å². The first-order valence-electron chi connectivity index (χ1n) is 1.21. The fourth-order valence-corrected chi connectivity index (χ4v) is 0. The van der Waals surface area contributed by atoms with Crippen LogP contribution in [0.3, 0.4) is 0 Å². The minimum atomic E-state index is -3.11. The van der Waals surface area contributed by atoms with E-state index in [1.165, 1.54) is 0 Å². The topological polar surface area (TPSA) is 132 Å². The molecule has 0 aromatic rings. The summed E-state index contributed by atoms with van der Waals surface area (Å²) in [6.07, 6.45) is 0. The molecule has 0 saturated heterocycles. The van der Waals surface area contributed by atoms with Crippen molar-refractivity contribution < 1.29 is 220 Å². The Morgan fingerprint density at radius 2 is 0.846 bits per heavy atom. The number of rotatable bonds is 0. The van der Waals surface area contributed by atoms with E-state index in [2.05, 4.69) is 0 Å². The van der Waals surface area contributed by atoms with E-state index >= 15 is 0 Å². The third-order valence-corrected chi connectivity index (χ3v) is 0. The molecule has 0 aromatic heterocycles. The zero-order chi connectivity index (χ0) is 7.15. The van der Waals surface area contributed by atoms with Gasteiger partial charge in [0, 0.05) is 0 Å². The average molecular weight is 270 g/mol. The Bertz CT molecular complexity index is 70.1. The third-order valence-electron chi connectivity index (χ3n) is 0. The largest absolute Gasteiger partial charge is 1.00 e. The van der Waals surface area contributed by atoms with Gasteiger partial charge in [-0.05, 0) is 0 Å².